The molecule has 1 aromatic heterocycles. The SMILES string of the molecule is O=C(Cc1ccc(OC(F)(F)F)cc1)NNC(=O)c1c[nH]c2ccccc12. The zero-order chi connectivity index (χ0) is 19.4. The zero-order valence-corrected chi connectivity index (χ0v) is 13.8. The minimum atomic E-state index is -4.77. The van der Waals surface area contributed by atoms with Crippen LogP contribution in [0.4, 0.5) is 13.2 Å². The van der Waals surface area contributed by atoms with Gasteiger partial charge in [-0.15, -0.1) is 13.2 Å². The first kappa shape index (κ1) is 18.3. The summed E-state index contributed by atoms with van der Waals surface area (Å²) in [7, 11) is 0. The van der Waals surface area contributed by atoms with E-state index in [0.717, 1.165) is 17.6 Å². The molecule has 0 unspecified atom stereocenters. The van der Waals surface area contributed by atoms with Crippen LogP contribution in [0, 0.1) is 0 Å². The molecule has 0 aliphatic carbocycles. The van der Waals surface area contributed by atoms with Crippen LogP contribution >= 0.6 is 0 Å². The lowest BCUT2D eigenvalue weighted by Gasteiger charge is -2.10. The Hall–Kier alpha value is -3.49. The Labute approximate surface area is 151 Å². The Morgan fingerprint density at radius 2 is 1.70 bits per heavy atom. The molecule has 0 atom stereocenters. The molecular weight excluding hydrogens is 363 g/mol. The number of hydrazine groups is 1. The van der Waals surface area contributed by atoms with Crippen LogP contribution in [0.15, 0.2) is 54.7 Å². The summed E-state index contributed by atoms with van der Waals surface area (Å²) in [5.41, 5.74) is 6.20. The summed E-state index contributed by atoms with van der Waals surface area (Å²) in [6, 6.07) is 12.1. The molecule has 0 fully saturated rings. The van der Waals surface area contributed by atoms with E-state index in [1.165, 1.54) is 18.3 Å². The highest BCUT2D eigenvalue weighted by Crippen LogP contribution is 2.22. The number of carbonyl (C=O) groups is 2. The average molecular weight is 377 g/mol. The van der Waals surface area contributed by atoms with Crippen molar-refractivity contribution in [1.82, 2.24) is 15.8 Å². The maximum Gasteiger partial charge on any atom is 0.573 e. The average Bonchev–Trinajstić information content (AvgIpc) is 3.04. The molecule has 3 rings (SSSR count). The molecule has 0 bridgehead atoms. The Kier molecular flexibility index (Phi) is 5.02. The highest BCUT2D eigenvalue weighted by Gasteiger charge is 2.30. The van der Waals surface area contributed by atoms with Crippen LogP contribution in [0.25, 0.3) is 10.9 Å². The van der Waals surface area contributed by atoms with Gasteiger partial charge in [0.25, 0.3) is 5.91 Å². The van der Waals surface area contributed by atoms with Crippen molar-refractivity contribution in [3.63, 3.8) is 0 Å². The Balaban J connectivity index is 1.54. The summed E-state index contributed by atoms with van der Waals surface area (Å²) in [6.07, 6.45) is -3.36. The molecular formula is C18H14F3N3O3. The van der Waals surface area contributed by atoms with Crippen LogP contribution < -0.4 is 15.6 Å². The van der Waals surface area contributed by atoms with Gasteiger partial charge in [-0.05, 0) is 23.8 Å². The fraction of sp³-hybridized carbons (Fsp3) is 0.111. The first-order valence-electron chi connectivity index (χ1n) is 7.82. The zero-order valence-electron chi connectivity index (χ0n) is 13.8. The number of para-hydroxylation sites is 1. The molecule has 0 aliphatic rings. The highest BCUT2D eigenvalue weighted by atomic mass is 19.4. The summed E-state index contributed by atoms with van der Waals surface area (Å²) in [6.45, 7) is 0. The number of H-pyrrole nitrogens is 1. The summed E-state index contributed by atoms with van der Waals surface area (Å²) in [4.78, 5) is 27.1. The van der Waals surface area contributed by atoms with Gasteiger partial charge < -0.3 is 9.72 Å². The maximum absolute atomic E-state index is 12.2. The van der Waals surface area contributed by atoms with Gasteiger partial charge in [-0.1, -0.05) is 30.3 Å². The molecule has 27 heavy (non-hydrogen) atoms. The molecule has 2 aromatic carbocycles. The van der Waals surface area contributed by atoms with Crippen LogP contribution in [0.2, 0.25) is 0 Å². The molecule has 3 N–H and O–H groups in total. The van der Waals surface area contributed by atoms with Crippen molar-refractivity contribution in [3.05, 3.63) is 65.9 Å². The van der Waals surface area contributed by atoms with Gasteiger partial charge in [0.05, 0.1) is 12.0 Å². The number of carbonyl (C=O) groups excluding carboxylic acids is 2. The lowest BCUT2D eigenvalue weighted by Crippen LogP contribution is -2.42. The fourth-order valence-corrected chi connectivity index (χ4v) is 2.49. The second-order valence-corrected chi connectivity index (χ2v) is 5.62. The van der Waals surface area contributed by atoms with E-state index in [4.69, 9.17) is 0 Å². The van der Waals surface area contributed by atoms with Crippen LogP contribution in [-0.2, 0) is 11.2 Å². The van der Waals surface area contributed by atoms with E-state index < -0.39 is 18.2 Å². The number of alkyl halides is 3. The summed E-state index contributed by atoms with van der Waals surface area (Å²) in [5.74, 6) is -1.39. The molecule has 2 amide bonds. The van der Waals surface area contributed by atoms with Gasteiger partial charge in [0.2, 0.25) is 5.91 Å². The predicted molar refractivity (Wildman–Crippen MR) is 90.7 cm³/mol. The van der Waals surface area contributed by atoms with E-state index in [2.05, 4.69) is 20.6 Å². The minimum absolute atomic E-state index is 0.125. The molecule has 140 valence electrons. The highest BCUT2D eigenvalue weighted by molar-refractivity contribution is 6.07. The molecule has 1 heterocycles. The standard InChI is InChI=1S/C18H14F3N3O3/c19-18(20,21)27-12-7-5-11(6-8-12)9-16(25)23-24-17(26)14-10-22-15-4-2-1-3-13(14)15/h1-8,10,22H,9H2,(H,23,25)(H,24,26). The molecule has 9 heteroatoms. The molecule has 0 aliphatic heterocycles. The number of nitrogens with one attached hydrogen (secondary N) is 3. The lowest BCUT2D eigenvalue weighted by atomic mass is 10.1. The van der Waals surface area contributed by atoms with Crippen LogP contribution in [0.3, 0.4) is 0 Å². The van der Waals surface area contributed by atoms with Gasteiger partial charge in [0, 0.05) is 17.1 Å². The van der Waals surface area contributed by atoms with Gasteiger partial charge in [-0.25, -0.2) is 0 Å². The summed E-state index contributed by atoms with van der Waals surface area (Å²) in [5, 5.41) is 0.713. The summed E-state index contributed by atoms with van der Waals surface area (Å²) >= 11 is 0. The van der Waals surface area contributed by atoms with E-state index in [-0.39, 0.29) is 12.2 Å². The molecule has 6 nitrogen and oxygen atoms in total. The van der Waals surface area contributed by atoms with Crippen molar-refractivity contribution in [2.75, 3.05) is 0 Å². The van der Waals surface area contributed by atoms with Crippen molar-refractivity contribution in [2.45, 2.75) is 12.8 Å². The largest absolute Gasteiger partial charge is 0.573 e. The quantitative estimate of drug-likeness (QED) is 0.611. The first-order chi connectivity index (χ1) is 12.8. The van der Waals surface area contributed by atoms with E-state index in [1.54, 1.807) is 12.1 Å². The third-order valence-electron chi connectivity index (χ3n) is 3.67. The van der Waals surface area contributed by atoms with Crippen molar-refractivity contribution >= 4 is 22.7 Å². The molecule has 0 saturated carbocycles. The normalized spacial score (nSPS) is 11.2. The molecule has 0 saturated heterocycles. The third-order valence-corrected chi connectivity index (χ3v) is 3.67. The second-order valence-electron chi connectivity index (χ2n) is 5.62. The third kappa shape index (κ3) is 4.78. The lowest BCUT2D eigenvalue weighted by molar-refractivity contribution is -0.274. The Morgan fingerprint density at radius 1 is 1.00 bits per heavy atom. The fourth-order valence-electron chi connectivity index (χ4n) is 2.49. The van der Waals surface area contributed by atoms with Crippen molar-refractivity contribution in [3.8, 4) is 5.75 Å². The number of ether oxygens (including phenoxy) is 1. The van der Waals surface area contributed by atoms with Crippen molar-refractivity contribution < 1.29 is 27.5 Å². The monoisotopic (exact) mass is 377 g/mol. The smallest absolute Gasteiger partial charge is 0.406 e. The topological polar surface area (TPSA) is 83.2 Å². The number of benzene rings is 2. The number of hydrogen-bond donors (Lipinski definition) is 3. The maximum atomic E-state index is 12.2. The molecule has 3 aromatic rings. The first-order valence-corrected chi connectivity index (χ1v) is 7.82. The van der Waals surface area contributed by atoms with E-state index in [9.17, 15) is 22.8 Å². The van der Waals surface area contributed by atoms with Crippen LogP contribution in [-0.4, -0.2) is 23.2 Å². The Morgan fingerprint density at radius 3 is 2.41 bits per heavy atom. The van der Waals surface area contributed by atoms with E-state index >= 15 is 0 Å². The van der Waals surface area contributed by atoms with Crippen LogP contribution in [0.5, 0.6) is 5.75 Å². The number of aromatic amines is 1. The van der Waals surface area contributed by atoms with Crippen molar-refractivity contribution in [2.24, 2.45) is 0 Å². The van der Waals surface area contributed by atoms with Gasteiger partial charge in [-0.2, -0.15) is 0 Å². The van der Waals surface area contributed by atoms with Crippen LogP contribution in [0.1, 0.15) is 15.9 Å². The number of amides is 2. The van der Waals surface area contributed by atoms with E-state index in [1.807, 2.05) is 12.1 Å². The van der Waals surface area contributed by atoms with Gasteiger partial charge >= 0.3 is 6.36 Å². The molecule has 0 spiro atoms. The predicted octanol–water partition coefficient (Wildman–Crippen LogP) is 3.07. The number of halogens is 3. The number of aromatic nitrogens is 1. The Bertz CT molecular complexity index is 965. The summed E-state index contributed by atoms with van der Waals surface area (Å²) < 4.78 is 40.1. The van der Waals surface area contributed by atoms with Gasteiger partial charge in [0.15, 0.2) is 0 Å². The number of fused-ring (bicyclic) bond motifs is 1. The van der Waals surface area contributed by atoms with Gasteiger partial charge in [0.1, 0.15) is 5.75 Å². The number of hydrogen-bond acceptors (Lipinski definition) is 3. The minimum Gasteiger partial charge on any atom is -0.406 e. The van der Waals surface area contributed by atoms with Gasteiger partial charge in [-0.3, -0.25) is 20.4 Å². The second kappa shape index (κ2) is 7.40. The number of rotatable bonds is 4. The van der Waals surface area contributed by atoms with E-state index in [0.29, 0.717) is 16.5 Å². The van der Waals surface area contributed by atoms with Crippen molar-refractivity contribution in [1.29, 1.82) is 0 Å². The molecule has 0 radical (unpaired) electrons.